The Morgan fingerprint density at radius 1 is 1.69 bits per heavy atom. The minimum atomic E-state index is -0.0125. The van der Waals surface area contributed by atoms with Crippen LogP contribution in [0.15, 0.2) is 0 Å². The monoisotopic (exact) mass is 185 g/mol. The molecule has 1 heterocycles. The number of carbonyl (C=O) groups is 1. The lowest BCUT2D eigenvalue weighted by Crippen LogP contribution is -2.48. The molecule has 1 rings (SSSR count). The summed E-state index contributed by atoms with van der Waals surface area (Å²) in [6.07, 6.45) is 0. The fourth-order valence-corrected chi connectivity index (χ4v) is 1.45. The first-order chi connectivity index (χ1) is 5.94. The van der Waals surface area contributed by atoms with E-state index in [4.69, 9.17) is 0 Å². The van der Waals surface area contributed by atoms with E-state index in [1.165, 1.54) is 0 Å². The molecular weight excluding hydrogens is 166 g/mol. The molecule has 4 nitrogen and oxygen atoms in total. The molecule has 0 aliphatic carbocycles. The second-order valence-electron chi connectivity index (χ2n) is 4.36. The Labute approximate surface area is 79.7 Å². The Hall–Kier alpha value is -0.770. The minimum Gasteiger partial charge on any atom is -0.334 e. The molecule has 1 fully saturated rings. The molecule has 0 bridgehead atoms. The first-order valence-electron chi connectivity index (χ1n) is 4.69. The summed E-state index contributed by atoms with van der Waals surface area (Å²) >= 11 is 0. The molecule has 0 aromatic heterocycles. The lowest BCUT2D eigenvalue weighted by Gasteiger charge is -2.29. The van der Waals surface area contributed by atoms with Crippen molar-refractivity contribution in [1.82, 2.24) is 15.5 Å². The van der Waals surface area contributed by atoms with E-state index in [0.717, 1.165) is 13.1 Å². The van der Waals surface area contributed by atoms with Crippen molar-refractivity contribution in [3.63, 3.8) is 0 Å². The highest BCUT2D eigenvalue weighted by Gasteiger charge is 2.29. The van der Waals surface area contributed by atoms with Crippen molar-refractivity contribution in [2.45, 2.75) is 32.4 Å². The number of urea groups is 1. The molecule has 1 atom stereocenters. The fraction of sp³-hybridized carbons (Fsp3) is 0.889. The molecule has 13 heavy (non-hydrogen) atoms. The highest BCUT2D eigenvalue weighted by Crippen LogP contribution is 2.09. The van der Waals surface area contributed by atoms with Crippen molar-refractivity contribution in [2.24, 2.45) is 0 Å². The van der Waals surface area contributed by atoms with Gasteiger partial charge in [-0.2, -0.15) is 0 Å². The standard InChI is InChI=1S/C9H19N3O/c1-7-5-12(8(13)11-7)6-9(2,3)10-4/h7,10H,5-6H2,1-4H3,(H,11,13). The zero-order valence-electron chi connectivity index (χ0n) is 8.85. The molecule has 1 unspecified atom stereocenters. The molecule has 76 valence electrons. The second-order valence-corrected chi connectivity index (χ2v) is 4.36. The SMILES string of the molecule is CNC(C)(C)CN1CC(C)NC1=O. The summed E-state index contributed by atoms with van der Waals surface area (Å²) in [6.45, 7) is 7.75. The number of carbonyl (C=O) groups excluding carboxylic acids is 1. The van der Waals surface area contributed by atoms with Crippen LogP contribution >= 0.6 is 0 Å². The summed E-state index contributed by atoms with van der Waals surface area (Å²) in [6, 6.07) is 0.330. The van der Waals surface area contributed by atoms with Crippen molar-refractivity contribution in [3.8, 4) is 0 Å². The van der Waals surface area contributed by atoms with Crippen LogP contribution in [0, 0.1) is 0 Å². The first kappa shape index (κ1) is 10.3. The number of hydrogen-bond acceptors (Lipinski definition) is 2. The molecule has 0 saturated carbocycles. The number of hydrogen-bond donors (Lipinski definition) is 2. The maximum Gasteiger partial charge on any atom is 0.317 e. The van der Waals surface area contributed by atoms with Gasteiger partial charge in [0.25, 0.3) is 0 Å². The van der Waals surface area contributed by atoms with E-state index >= 15 is 0 Å². The molecule has 0 radical (unpaired) electrons. The van der Waals surface area contributed by atoms with Crippen LogP contribution in [0.5, 0.6) is 0 Å². The van der Waals surface area contributed by atoms with Crippen molar-refractivity contribution in [3.05, 3.63) is 0 Å². The van der Waals surface area contributed by atoms with Gasteiger partial charge in [0.15, 0.2) is 0 Å². The van der Waals surface area contributed by atoms with E-state index in [-0.39, 0.29) is 17.6 Å². The third-order valence-corrected chi connectivity index (χ3v) is 2.41. The zero-order valence-corrected chi connectivity index (χ0v) is 8.85. The maximum atomic E-state index is 11.4. The van der Waals surface area contributed by atoms with Crippen LogP contribution in [-0.2, 0) is 0 Å². The molecule has 2 amide bonds. The highest BCUT2D eigenvalue weighted by molar-refractivity contribution is 5.76. The van der Waals surface area contributed by atoms with Gasteiger partial charge in [-0.1, -0.05) is 0 Å². The molecule has 0 spiro atoms. The minimum absolute atomic E-state index is 0.0125. The second kappa shape index (κ2) is 3.54. The predicted molar refractivity (Wildman–Crippen MR) is 52.7 cm³/mol. The summed E-state index contributed by atoms with van der Waals surface area (Å²) < 4.78 is 0. The van der Waals surface area contributed by atoms with E-state index in [1.807, 2.05) is 18.9 Å². The topological polar surface area (TPSA) is 44.4 Å². The molecule has 1 aliphatic heterocycles. The Kier molecular flexibility index (Phi) is 2.81. The summed E-state index contributed by atoms with van der Waals surface area (Å²) in [4.78, 5) is 13.2. The third kappa shape index (κ3) is 2.59. The van der Waals surface area contributed by atoms with Gasteiger partial charge in [-0.3, -0.25) is 0 Å². The van der Waals surface area contributed by atoms with Gasteiger partial charge in [-0.05, 0) is 27.8 Å². The van der Waals surface area contributed by atoms with Crippen LogP contribution in [0.3, 0.4) is 0 Å². The van der Waals surface area contributed by atoms with Crippen molar-refractivity contribution in [2.75, 3.05) is 20.1 Å². The largest absolute Gasteiger partial charge is 0.334 e. The molecular formula is C9H19N3O. The van der Waals surface area contributed by atoms with Crippen molar-refractivity contribution < 1.29 is 4.79 Å². The Balaban J connectivity index is 2.50. The number of rotatable bonds is 3. The summed E-state index contributed by atoms with van der Waals surface area (Å²) in [5, 5.41) is 6.05. The van der Waals surface area contributed by atoms with Gasteiger partial charge < -0.3 is 15.5 Å². The van der Waals surface area contributed by atoms with Gasteiger partial charge in [-0.25, -0.2) is 4.79 Å². The van der Waals surface area contributed by atoms with E-state index in [0.29, 0.717) is 0 Å². The van der Waals surface area contributed by atoms with Gasteiger partial charge in [0, 0.05) is 24.7 Å². The predicted octanol–water partition coefficient (Wildman–Crippen LogP) is 0.398. The number of likely N-dealkylation sites (N-methyl/N-ethyl adjacent to an activating group) is 1. The molecule has 1 aliphatic rings. The van der Waals surface area contributed by atoms with Crippen LogP contribution in [0.2, 0.25) is 0 Å². The molecule has 0 aromatic carbocycles. The Bertz CT molecular complexity index is 203. The van der Waals surface area contributed by atoms with Gasteiger partial charge in [0.05, 0.1) is 0 Å². The Morgan fingerprint density at radius 3 is 2.69 bits per heavy atom. The van der Waals surface area contributed by atoms with Crippen LogP contribution in [0.4, 0.5) is 4.79 Å². The zero-order chi connectivity index (χ0) is 10.1. The normalized spacial score (nSPS) is 23.5. The smallest absolute Gasteiger partial charge is 0.317 e. The number of nitrogens with one attached hydrogen (secondary N) is 2. The summed E-state index contributed by atoms with van der Waals surface area (Å²) in [7, 11) is 1.91. The lowest BCUT2D eigenvalue weighted by atomic mass is 10.1. The van der Waals surface area contributed by atoms with Crippen molar-refractivity contribution in [1.29, 1.82) is 0 Å². The average Bonchev–Trinajstić information content (AvgIpc) is 2.30. The summed E-state index contributed by atoms with van der Waals surface area (Å²) in [5.74, 6) is 0. The molecule has 1 saturated heterocycles. The fourth-order valence-electron chi connectivity index (χ4n) is 1.45. The quantitative estimate of drug-likeness (QED) is 0.668. The van der Waals surface area contributed by atoms with E-state index < -0.39 is 0 Å². The average molecular weight is 185 g/mol. The van der Waals surface area contributed by atoms with E-state index in [1.54, 1.807) is 0 Å². The number of amides is 2. The maximum absolute atomic E-state index is 11.4. The highest BCUT2D eigenvalue weighted by atomic mass is 16.2. The van der Waals surface area contributed by atoms with Crippen LogP contribution in [0.1, 0.15) is 20.8 Å². The lowest BCUT2D eigenvalue weighted by molar-refractivity contribution is 0.201. The van der Waals surface area contributed by atoms with E-state index in [9.17, 15) is 4.79 Å². The van der Waals surface area contributed by atoms with Gasteiger partial charge in [0.2, 0.25) is 0 Å². The van der Waals surface area contributed by atoms with Crippen molar-refractivity contribution >= 4 is 6.03 Å². The summed E-state index contributed by atoms with van der Waals surface area (Å²) in [5.41, 5.74) is -0.0125. The van der Waals surface area contributed by atoms with E-state index in [2.05, 4.69) is 24.5 Å². The number of nitrogens with zero attached hydrogens (tertiary/aromatic N) is 1. The third-order valence-electron chi connectivity index (χ3n) is 2.41. The molecule has 2 N–H and O–H groups in total. The molecule has 0 aromatic rings. The Morgan fingerprint density at radius 2 is 2.31 bits per heavy atom. The van der Waals surface area contributed by atoms with Crippen LogP contribution < -0.4 is 10.6 Å². The van der Waals surface area contributed by atoms with Crippen LogP contribution in [-0.4, -0.2) is 42.6 Å². The van der Waals surface area contributed by atoms with Gasteiger partial charge >= 0.3 is 6.03 Å². The molecule has 4 heteroatoms. The van der Waals surface area contributed by atoms with Gasteiger partial charge in [0.1, 0.15) is 0 Å². The first-order valence-corrected chi connectivity index (χ1v) is 4.69. The van der Waals surface area contributed by atoms with Crippen LogP contribution in [0.25, 0.3) is 0 Å². The van der Waals surface area contributed by atoms with Gasteiger partial charge in [-0.15, -0.1) is 0 Å².